The highest BCUT2D eigenvalue weighted by Crippen LogP contribution is 2.28. The smallest absolute Gasteiger partial charge is 0.320 e. The molecule has 0 aliphatic heterocycles. The first kappa shape index (κ1) is 21.4. The van der Waals surface area contributed by atoms with Crippen molar-refractivity contribution in [2.75, 3.05) is 32.5 Å². The molecule has 0 aromatic carbocycles. The molecule has 0 fully saturated rings. The summed E-state index contributed by atoms with van der Waals surface area (Å²) < 4.78 is 26.8. The molecule has 0 radical (unpaired) electrons. The quantitative estimate of drug-likeness (QED) is 0.378. The van der Waals surface area contributed by atoms with Crippen molar-refractivity contribution in [3.05, 3.63) is 48.2 Å². The van der Waals surface area contributed by atoms with E-state index >= 15 is 0 Å². The Hall–Kier alpha value is -3.86. The molecule has 0 amide bonds. The molecule has 32 heavy (non-hydrogen) atoms. The molecular weight excluding hydrogens is 415 g/mol. The first-order chi connectivity index (χ1) is 15.6. The average molecular weight is 438 g/mol. The number of nitrogen functional groups attached to an aromatic ring is 1. The molecule has 4 aromatic heterocycles. The number of halogens is 1. The molecule has 0 aliphatic carbocycles. The first-order valence-electron chi connectivity index (χ1n) is 10.1. The summed E-state index contributed by atoms with van der Waals surface area (Å²) >= 11 is 0. The molecule has 4 aromatic rings. The van der Waals surface area contributed by atoms with Gasteiger partial charge >= 0.3 is 6.01 Å². The van der Waals surface area contributed by atoms with Gasteiger partial charge in [-0.2, -0.15) is 9.97 Å². The van der Waals surface area contributed by atoms with Crippen molar-refractivity contribution in [2.45, 2.75) is 13.5 Å². The predicted molar refractivity (Wildman–Crippen MR) is 117 cm³/mol. The molecular formula is C21H23FN8O2. The number of nitrogens with two attached hydrogens (primary N) is 1. The Labute approximate surface area is 183 Å². The zero-order chi connectivity index (χ0) is 22.5. The highest BCUT2D eigenvalue weighted by molar-refractivity contribution is 5.85. The van der Waals surface area contributed by atoms with Crippen LogP contribution in [0.3, 0.4) is 0 Å². The molecule has 0 bridgehead atoms. The Morgan fingerprint density at radius 2 is 2.00 bits per heavy atom. The monoisotopic (exact) mass is 438 g/mol. The van der Waals surface area contributed by atoms with Crippen molar-refractivity contribution < 1.29 is 13.9 Å². The second kappa shape index (κ2) is 9.52. The zero-order valence-corrected chi connectivity index (χ0v) is 17.7. The lowest BCUT2D eigenvalue weighted by Crippen LogP contribution is -2.16. The van der Waals surface area contributed by atoms with E-state index in [1.807, 2.05) is 26.1 Å². The Kier molecular flexibility index (Phi) is 6.36. The van der Waals surface area contributed by atoms with Crippen molar-refractivity contribution in [1.29, 1.82) is 0 Å². The van der Waals surface area contributed by atoms with Crippen LogP contribution in [0.4, 0.5) is 10.2 Å². The number of anilines is 1. The molecule has 10 nitrogen and oxygen atoms in total. The van der Waals surface area contributed by atoms with E-state index in [1.54, 1.807) is 10.6 Å². The molecule has 3 N–H and O–H groups in total. The van der Waals surface area contributed by atoms with Gasteiger partial charge in [-0.25, -0.2) is 14.4 Å². The van der Waals surface area contributed by atoms with Gasteiger partial charge in [-0.3, -0.25) is 4.98 Å². The maximum atomic E-state index is 13.9. The van der Waals surface area contributed by atoms with Crippen molar-refractivity contribution in [3.63, 3.8) is 0 Å². The fourth-order valence-corrected chi connectivity index (χ4v) is 3.14. The number of ether oxygens (including phenoxy) is 2. The molecule has 11 heteroatoms. The van der Waals surface area contributed by atoms with E-state index in [1.165, 1.54) is 12.3 Å². The molecule has 0 saturated carbocycles. The first-order valence-corrected chi connectivity index (χ1v) is 10.1. The van der Waals surface area contributed by atoms with E-state index in [4.69, 9.17) is 15.2 Å². The standard InChI is InChI=1S/C21H23FN8O2/c1-3-31-21-28-18(23)17-20(29-21)30(19(27-17)13-9-14(22)11-25-10-13)12-15-5-4-6-16(26-15)32-8-7-24-2/h4-6,9-11,24H,3,7-8,12H2,1-2H3,(H2,23,28,29). The number of rotatable bonds is 9. The normalized spacial score (nSPS) is 11.1. The van der Waals surface area contributed by atoms with Gasteiger partial charge in [0, 0.05) is 24.4 Å². The van der Waals surface area contributed by atoms with Gasteiger partial charge in [0.1, 0.15) is 18.2 Å². The number of aromatic nitrogens is 6. The van der Waals surface area contributed by atoms with E-state index in [-0.39, 0.29) is 18.4 Å². The predicted octanol–water partition coefficient (Wildman–Crippen LogP) is 2.05. The third kappa shape index (κ3) is 4.57. The van der Waals surface area contributed by atoms with Crippen LogP contribution in [0.2, 0.25) is 0 Å². The SMILES string of the molecule is CCOc1nc(N)c2nc(-c3cncc(F)c3)n(Cc3cccc(OCCNC)n3)c2n1. The third-order valence-electron chi connectivity index (χ3n) is 4.54. The number of pyridine rings is 2. The van der Waals surface area contributed by atoms with Crippen LogP contribution in [-0.2, 0) is 6.54 Å². The minimum Gasteiger partial charge on any atom is -0.476 e. The Bertz CT molecular complexity index is 1230. The molecule has 166 valence electrons. The Morgan fingerprint density at radius 1 is 1.12 bits per heavy atom. The van der Waals surface area contributed by atoms with Crippen LogP contribution in [0.15, 0.2) is 36.7 Å². The number of nitrogens with zero attached hydrogens (tertiary/aromatic N) is 6. The molecule has 0 aliphatic rings. The molecule has 0 saturated heterocycles. The largest absolute Gasteiger partial charge is 0.476 e. The van der Waals surface area contributed by atoms with Crippen LogP contribution >= 0.6 is 0 Å². The van der Waals surface area contributed by atoms with E-state index in [0.29, 0.717) is 53.9 Å². The summed E-state index contributed by atoms with van der Waals surface area (Å²) in [5, 5.41) is 3.02. The zero-order valence-electron chi connectivity index (χ0n) is 17.7. The molecule has 0 atom stereocenters. The Morgan fingerprint density at radius 3 is 2.78 bits per heavy atom. The fraction of sp³-hybridized carbons (Fsp3) is 0.286. The van der Waals surface area contributed by atoms with Crippen molar-refractivity contribution >= 4 is 17.0 Å². The lowest BCUT2D eigenvalue weighted by atomic mass is 10.2. The summed E-state index contributed by atoms with van der Waals surface area (Å²) in [6.45, 7) is 3.68. The van der Waals surface area contributed by atoms with E-state index < -0.39 is 5.82 Å². The minimum atomic E-state index is -0.478. The van der Waals surface area contributed by atoms with Crippen LogP contribution in [0.25, 0.3) is 22.6 Å². The Balaban J connectivity index is 1.81. The summed E-state index contributed by atoms with van der Waals surface area (Å²) in [5.74, 6) is 0.624. The fourth-order valence-electron chi connectivity index (χ4n) is 3.14. The van der Waals surface area contributed by atoms with Gasteiger partial charge < -0.3 is 25.1 Å². The van der Waals surface area contributed by atoms with Gasteiger partial charge in [-0.15, -0.1) is 0 Å². The lowest BCUT2D eigenvalue weighted by molar-refractivity contribution is 0.305. The maximum Gasteiger partial charge on any atom is 0.320 e. The van der Waals surface area contributed by atoms with Crippen LogP contribution < -0.4 is 20.5 Å². The molecule has 4 rings (SSSR count). The summed E-state index contributed by atoms with van der Waals surface area (Å²) in [6.07, 6.45) is 2.66. The second-order valence-electron chi connectivity index (χ2n) is 6.83. The number of fused-ring (bicyclic) bond motifs is 1. The summed E-state index contributed by atoms with van der Waals surface area (Å²) in [7, 11) is 1.85. The second-order valence-corrected chi connectivity index (χ2v) is 6.83. The van der Waals surface area contributed by atoms with Crippen molar-refractivity contribution in [2.24, 2.45) is 0 Å². The van der Waals surface area contributed by atoms with Gasteiger partial charge in [-0.1, -0.05) is 6.07 Å². The van der Waals surface area contributed by atoms with Crippen LogP contribution in [-0.4, -0.2) is 56.3 Å². The van der Waals surface area contributed by atoms with Gasteiger partial charge in [-0.05, 0) is 26.1 Å². The van der Waals surface area contributed by atoms with Gasteiger partial charge in [0.2, 0.25) is 5.88 Å². The van der Waals surface area contributed by atoms with E-state index in [2.05, 4.69) is 30.2 Å². The summed E-state index contributed by atoms with van der Waals surface area (Å²) in [4.78, 5) is 21.7. The van der Waals surface area contributed by atoms with Gasteiger partial charge in [0.25, 0.3) is 0 Å². The summed E-state index contributed by atoms with van der Waals surface area (Å²) in [6, 6.07) is 6.99. The van der Waals surface area contributed by atoms with Crippen LogP contribution in [0, 0.1) is 5.82 Å². The average Bonchev–Trinajstić information content (AvgIpc) is 3.13. The van der Waals surface area contributed by atoms with Gasteiger partial charge in [0.05, 0.1) is 25.0 Å². The number of nitrogens with one attached hydrogen (secondary N) is 1. The van der Waals surface area contributed by atoms with Crippen LogP contribution in [0.1, 0.15) is 12.6 Å². The van der Waals surface area contributed by atoms with E-state index in [9.17, 15) is 4.39 Å². The summed E-state index contributed by atoms with van der Waals surface area (Å²) in [5.41, 5.74) is 8.13. The number of likely N-dealkylation sites (N-methyl/N-ethyl adjacent to an activating group) is 1. The van der Waals surface area contributed by atoms with Crippen molar-refractivity contribution in [3.8, 4) is 23.3 Å². The van der Waals surface area contributed by atoms with Crippen LogP contribution in [0.5, 0.6) is 11.9 Å². The maximum absolute atomic E-state index is 13.9. The molecule has 0 spiro atoms. The minimum absolute atomic E-state index is 0.139. The topological polar surface area (TPSA) is 126 Å². The number of hydrogen-bond acceptors (Lipinski definition) is 9. The van der Waals surface area contributed by atoms with Gasteiger partial charge in [0.15, 0.2) is 17.0 Å². The highest BCUT2D eigenvalue weighted by Gasteiger charge is 2.20. The third-order valence-corrected chi connectivity index (χ3v) is 4.54. The highest BCUT2D eigenvalue weighted by atomic mass is 19.1. The lowest BCUT2D eigenvalue weighted by Gasteiger charge is -2.11. The molecule has 4 heterocycles. The van der Waals surface area contributed by atoms with Crippen molar-refractivity contribution in [1.82, 2.24) is 34.8 Å². The van der Waals surface area contributed by atoms with E-state index in [0.717, 1.165) is 6.20 Å². The number of imidazole rings is 1. The number of hydrogen-bond donors (Lipinski definition) is 2. The molecule has 0 unspecified atom stereocenters.